The molecule has 0 spiro atoms. The summed E-state index contributed by atoms with van der Waals surface area (Å²) in [6.07, 6.45) is -85.4. The Morgan fingerprint density at radius 2 is 0.789 bits per heavy atom. The van der Waals surface area contributed by atoms with E-state index in [9.17, 15) is 138 Å². The standard InChI is InChI=1S/C69H124N4O47Si3/c1-25(77)73(13-26-12-72(71-70-26)14-27(78)18-101-10-9-11-123(8,119-121(2,3)4)120-122(5,6)7)61-49(94)46(91)56(33(17-76)108-61)114-66-54(99)47(92)58(36(112-66)24-107-69-60(39(84)30(81)21-104-69)118-64-52(97)44(89)41(86)32(16-75)110-64)116-67-55(100)48(93)57(115-65-53(98)45(90)42(87)34(111-65)22-105-62-50(95)37(82)28(79)19-102-62)35(113-67)23-106-68-59(38(83)29(80)20-103-68)117-63-51(96)43(88)40(85)31(15-74)109-63/h12,27-69,74-76,78-100H,9-11,13-24H2,1-8H3/t27?,28-,29+,30-,31?,32?,33+,34?,35+,36?,37+,38?,39+,40+,41+,42-,43+,44+,45+,46?,47-,48?,49?,50?,51?,52?,53?,54?,55?,56-,57-,58-,59?,60?,61-,62-,63+,64+,65+,66+,67+,68+,69-/m1/s1. The molecule has 9 aliphatic rings. The van der Waals surface area contributed by atoms with Crippen LogP contribution < -0.4 is 0 Å². The molecular weight excluding hydrogens is 1720 g/mol. The maximum absolute atomic E-state index is 13.5. The SMILES string of the molecule is CC(=O)N(Cc1cn(CC(O)COCCC[Si](C)(O[Si](C)(C)C)O[Si](C)(C)C)nn1)[C@@H]1O[C@@H](CO)[C@@H](O[C@@H]2OC(CO[C@H]3OC[C@@H](O)[C@H](O)C3O[C@@H]3OC(CO)[C@H](O)[C@H](O)C3O)[C@@H](O[C@@H]3O[C@@H](CO[C@@H]4OC[C@H](O)C(O)C4O[C@@H]4OC(CO)[C@H](O)[C@H](O)C4O)[C@@H](O[C@@H]4OC(CO[C@H]5OC[C@@H](O)[C@H](O)C5O)[C@@H](O)[C@H](O)C4O)C(O)C3O)[C@H](O)C2O)C(O)C1O. The molecule has 10 heterocycles. The van der Waals surface area contributed by atoms with E-state index in [1.54, 1.807) is 0 Å². The van der Waals surface area contributed by atoms with Crippen LogP contribution in [0.15, 0.2) is 6.20 Å². The molecule has 9 aliphatic heterocycles. The molecule has 714 valence electrons. The van der Waals surface area contributed by atoms with Gasteiger partial charge in [-0.2, -0.15) is 0 Å². The lowest BCUT2D eigenvalue weighted by Crippen LogP contribution is -2.68. The van der Waals surface area contributed by atoms with Crippen LogP contribution in [0.3, 0.4) is 0 Å². The zero-order valence-electron chi connectivity index (χ0n) is 68.5. The Hall–Kier alpha value is -2.58. The van der Waals surface area contributed by atoms with Crippen molar-refractivity contribution in [1.29, 1.82) is 0 Å². The van der Waals surface area contributed by atoms with E-state index in [1.165, 1.54) is 10.9 Å². The largest absolute Gasteiger partial charge is 0.437 e. The van der Waals surface area contributed by atoms with E-state index in [1.807, 2.05) is 0 Å². The average molecular weight is 1850 g/mol. The highest BCUT2D eigenvalue weighted by molar-refractivity contribution is 6.87. The first-order valence-electron chi connectivity index (χ1n) is 40.3. The summed E-state index contributed by atoms with van der Waals surface area (Å²) in [5.74, 6) is -0.788. The fourth-order valence-electron chi connectivity index (χ4n) is 15.5. The van der Waals surface area contributed by atoms with Gasteiger partial charge in [0.2, 0.25) is 5.91 Å². The van der Waals surface area contributed by atoms with Crippen LogP contribution in [0.4, 0.5) is 0 Å². The number of carbonyl (C=O) groups is 1. The lowest BCUT2D eigenvalue weighted by molar-refractivity contribution is -0.396. The minimum Gasteiger partial charge on any atom is -0.437 e. The summed E-state index contributed by atoms with van der Waals surface area (Å²) in [4.78, 5) is 14.4. The number of ether oxygens (including phenoxy) is 18. The molecule has 1 aromatic rings. The van der Waals surface area contributed by atoms with Crippen LogP contribution in [0, 0.1) is 0 Å². The zero-order valence-corrected chi connectivity index (χ0v) is 71.5. The van der Waals surface area contributed by atoms with Gasteiger partial charge in [-0.05, 0) is 58.3 Å². The fraction of sp³-hybridized carbons (Fsp3) is 0.957. The van der Waals surface area contributed by atoms with Crippen molar-refractivity contribution in [2.24, 2.45) is 0 Å². The van der Waals surface area contributed by atoms with Gasteiger partial charge in [0, 0.05) is 13.5 Å². The van der Waals surface area contributed by atoms with Gasteiger partial charge in [0.1, 0.15) is 207 Å². The maximum Gasteiger partial charge on any atom is 0.314 e. The quantitative estimate of drug-likeness (QED) is 0.0217. The second-order valence-electron chi connectivity index (χ2n) is 33.9. The van der Waals surface area contributed by atoms with Crippen molar-refractivity contribution < 1.29 is 231 Å². The molecule has 9 saturated heterocycles. The number of nitrogens with zero attached hydrogens (tertiary/aromatic N) is 4. The molecule has 0 saturated carbocycles. The Kier molecular flexibility index (Phi) is 36.9. The molecule has 10 rings (SSSR count). The van der Waals surface area contributed by atoms with Crippen LogP contribution in [0.2, 0.25) is 51.9 Å². The second kappa shape index (κ2) is 44.3. The molecule has 17 unspecified atom stereocenters. The molecule has 26 N–H and O–H groups in total. The van der Waals surface area contributed by atoms with Crippen LogP contribution in [0.5, 0.6) is 0 Å². The summed E-state index contributed by atoms with van der Waals surface area (Å²) in [6, 6.07) is 0.665. The van der Waals surface area contributed by atoms with Gasteiger partial charge < -0.3 is 231 Å². The van der Waals surface area contributed by atoms with Crippen molar-refractivity contribution in [2.75, 3.05) is 72.7 Å². The molecule has 1 amide bonds. The van der Waals surface area contributed by atoms with Crippen LogP contribution >= 0.6 is 0 Å². The first-order valence-corrected chi connectivity index (χ1v) is 49.6. The van der Waals surface area contributed by atoms with Gasteiger partial charge in [0.15, 0.2) is 73.2 Å². The molecule has 9 fully saturated rings. The summed E-state index contributed by atoms with van der Waals surface area (Å²) in [6.45, 7) is 7.15. The van der Waals surface area contributed by atoms with Crippen molar-refractivity contribution >= 4 is 31.1 Å². The summed E-state index contributed by atoms with van der Waals surface area (Å²) in [7, 11) is -6.48. The molecule has 54 heteroatoms. The summed E-state index contributed by atoms with van der Waals surface area (Å²) in [5, 5.41) is 297. The van der Waals surface area contributed by atoms with E-state index >= 15 is 0 Å². The number of aromatic nitrogens is 3. The minimum absolute atomic E-state index is 0.0730. The highest BCUT2D eigenvalue weighted by atomic mass is 28.5. The van der Waals surface area contributed by atoms with Crippen molar-refractivity contribution in [3.05, 3.63) is 11.9 Å². The predicted molar refractivity (Wildman–Crippen MR) is 400 cm³/mol. The number of hydrogen-bond donors (Lipinski definition) is 26. The van der Waals surface area contributed by atoms with Crippen molar-refractivity contribution in [2.45, 2.75) is 342 Å². The maximum atomic E-state index is 13.5. The normalized spacial score (nSPS) is 44.7. The first kappa shape index (κ1) is 103. The van der Waals surface area contributed by atoms with Crippen LogP contribution in [-0.2, 0) is 111 Å². The van der Waals surface area contributed by atoms with E-state index in [0.717, 1.165) is 11.8 Å². The number of rotatable bonds is 37. The van der Waals surface area contributed by atoms with Gasteiger partial charge in [-0.3, -0.25) is 4.79 Å². The van der Waals surface area contributed by atoms with E-state index in [-0.39, 0.29) is 25.5 Å². The van der Waals surface area contributed by atoms with Crippen LogP contribution in [0.1, 0.15) is 19.0 Å². The smallest absolute Gasteiger partial charge is 0.314 e. The van der Waals surface area contributed by atoms with Gasteiger partial charge in [-0.15, -0.1) is 5.10 Å². The summed E-state index contributed by atoms with van der Waals surface area (Å²) in [5.41, 5.74) is 0.0730. The third-order valence-corrected chi connectivity index (χ3v) is 31.4. The van der Waals surface area contributed by atoms with Crippen molar-refractivity contribution in [1.82, 2.24) is 19.9 Å². The van der Waals surface area contributed by atoms with Gasteiger partial charge >= 0.3 is 8.56 Å². The Morgan fingerprint density at radius 3 is 1.22 bits per heavy atom. The van der Waals surface area contributed by atoms with Crippen LogP contribution in [-0.4, -0.2) is 521 Å². The number of aliphatic hydroxyl groups is 26. The van der Waals surface area contributed by atoms with E-state index in [2.05, 4.69) is 56.1 Å². The lowest BCUT2D eigenvalue weighted by Gasteiger charge is -2.50. The zero-order chi connectivity index (χ0) is 90.5. The van der Waals surface area contributed by atoms with Crippen molar-refractivity contribution in [3.63, 3.8) is 0 Å². The molecule has 1 aromatic heterocycles. The third kappa shape index (κ3) is 25.2. The molecule has 0 aromatic carbocycles. The predicted octanol–water partition coefficient (Wildman–Crippen LogP) is -15.5. The lowest BCUT2D eigenvalue weighted by atomic mass is 9.95. The first-order chi connectivity index (χ1) is 57.8. The number of amides is 1. The number of aliphatic hydroxyl groups excluding tert-OH is 26. The molecule has 51 nitrogen and oxygen atoms in total. The van der Waals surface area contributed by atoms with Gasteiger partial charge in [-0.1, -0.05) is 5.21 Å². The number of carbonyl (C=O) groups excluding carboxylic acids is 1. The Bertz CT molecular complexity index is 3340. The molecule has 123 heavy (non-hydrogen) atoms. The summed E-state index contributed by atoms with van der Waals surface area (Å²) >= 11 is 0. The van der Waals surface area contributed by atoms with Gasteiger partial charge in [0.25, 0.3) is 0 Å². The van der Waals surface area contributed by atoms with Crippen LogP contribution in [0.25, 0.3) is 0 Å². The second-order valence-corrected chi connectivity index (χ2v) is 46.8. The Labute approximate surface area is 706 Å². The molecule has 43 atom stereocenters. The number of hydrogen-bond acceptors (Lipinski definition) is 49. The highest BCUT2D eigenvalue weighted by Gasteiger charge is 2.59. The minimum atomic E-state index is -2.56. The Morgan fingerprint density at radius 1 is 0.431 bits per heavy atom. The van der Waals surface area contributed by atoms with E-state index in [4.69, 9.17) is 93.5 Å². The molecule has 0 aliphatic carbocycles. The van der Waals surface area contributed by atoms with Gasteiger partial charge in [-0.25, -0.2) is 4.68 Å². The Balaban J connectivity index is 0.896. The molecular formula is C69H124N4O47Si3. The topological polar surface area (TPSA) is 762 Å². The monoisotopic (exact) mass is 1840 g/mol. The molecule has 0 radical (unpaired) electrons. The van der Waals surface area contributed by atoms with Crippen molar-refractivity contribution in [3.8, 4) is 0 Å². The summed E-state index contributed by atoms with van der Waals surface area (Å²) < 4.78 is 120. The molecule has 0 bridgehead atoms. The highest BCUT2D eigenvalue weighted by Crippen LogP contribution is 2.39. The average Bonchev–Trinajstić information content (AvgIpc) is 1.14. The van der Waals surface area contributed by atoms with Gasteiger partial charge in [0.05, 0.1) is 91.5 Å². The van der Waals surface area contributed by atoms with E-state index < -0.39 is 361 Å². The third-order valence-electron chi connectivity index (χ3n) is 21.8. The van der Waals surface area contributed by atoms with E-state index in [0.29, 0.717) is 12.5 Å². The fourth-order valence-corrected chi connectivity index (χ4v) is 28.0.